The van der Waals surface area contributed by atoms with E-state index >= 15 is 0 Å². The second-order valence-corrected chi connectivity index (χ2v) is 5.23. The van der Waals surface area contributed by atoms with Crippen molar-refractivity contribution < 1.29 is 18.0 Å². The molecule has 2 aromatic carbocycles. The molecule has 0 atom stereocenters. The molecule has 1 amide bonds. The molecule has 0 bridgehead atoms. The van der Waals surface area contributed by atoms with E-state index in [1.807, 2.05) is 0 Å². The minimum absolute atomic E-state index is 0.00574. The Kier molecular flexibility index (Phi) is 4.22. The molecule has 2 aromatic rings. The van der Waals surface area contributed by atoms with Crippen LogP contribution in [0.5, 0.6) is 0 Å². The molecule has 2 rings (SSSR count). The fourth-order valence-corrected chi connectivity index (χ4v) is 1.99. The van der Waals surface area contributed by atoms with Crippen LogP contribution >= 0.6 is 15.9 Å². The average Bonchev–Trinajstić information content (AvgIpc) is 2.41. The zero-order chi connectivity index (χ0) is 15.7. The summed E-state index contributed by atoms with van der Waals surface area (Å²) in [6.07, 6.45) is 0. The predicted octanol–water partition coefficient (Wildman–Crippen LogP) is 4.01. The summed E-state index contributed by atoms with van der Waals surface area (Å²) in [4.78, 5) is 12.0. The number of benzene rings is 2. The monoisotopic (exact) mass is 358 g/mol. The van der Waals surface area contributed by atoms with Crippen molar-refractivity contribution in [3.8, 4) is 0 Å². The second kappa shape index (κ2) is 5.77. The van der Waals surface area contributed by atoms with Gasteiger partial charge in [0.2, 0.25) is 0 Å². The Balaban J connectivity index is 2.32. The Morgan fingerprint density at radius 1 is 1.10 bits per heavy atom. The number of halogens is 4. The Bertz CT molecular complexity index is 711. The molecule has 0 radical (unpaired) electrons. The van der Waals surface area contributed by atoms with Gasteiger partial charge in [-0.3, -0.25) is 4.79 Å². The number of nitrogen functional groups attached to an aromatic ring is 1. The molecular weight excluding hydrogens is 349 g/mol. The van der Waals surface area contributed by atoms with Crippen molar-refractivity contribution >= 4 is 33.2 Å². The molecule has 0 aliphatic carbocycles. The van der Waals surface area contributed by atoms with Crippen LogP contribution in [-0.4, -0.2) is 5.91 Å². The molecule has 0 heterocycles. The number of amides is 1. The molecule has 7 heteroatoms. The number of hydrogen-bond acceptors (Lipinski definition) is 2. The van der Waals surface area contributed by atoms with E-state index in [1.54, 1.807) is 0 Å². The maximum atomic E-state index is 13.6. The van der Waals surface area contributed by atoms with Gasteiger partial charge in [0.15, 0.2) is 0 Å². The van der Waals surface area contributed by atoms with E-state index in [0.717, 1.165) is 12.1 Å². The lowest BCUT2D eigenvalue weighted by molar-refractivity contribution is 0.102. The van der Waals surface area contributed by atoms with Gasteiger partial charge in [0.05, 0.1) is 10.2 Å². The van der Waals surface area contributed by atoms with Gasteiger partial charge in [-0.2, -0.15) is 0 Å². The van der Waals surface area contributed by atoms with Crippen LogP contribution in [0.25, 0.3) is 0 Å². The number of carbonyl (C=O) groups is 1. The van der Waals surface area contributed by atoms with E-state index in [9.17, 15) is 18.0 Å². The summed E-state index contributed by atoms with van der Waals surface area (Å²) in [6.45, 7) is 1.48. The van der Waals surface area contributed by atoms with Crippen LogP contribution in [0.2, 0.25) is 0 Å². The Hall–Kier alpha value is -2.02. The SMILES string of the molecule is Cc1c(N)cc(C(=O)Nc2cc(Br)c(F)cc2F)cc1F. The van der Waals surface area contributed by atoms with Gasteiger partial charge in [0.1, 0.15) is 17.5 Å². The normalized spacial score (nSPS) is 10.5. The molecule has 0 aliphatic rings. The number of anilines is 2. The van der Waals surface area contributed by atoms with Crippen molar-refractivity contribution in [2.75, 3.05) is 11.1 Å². The van der Waals surface area contributed by atoms with E-state index in [1.165, 1.54) is 13.0 Å². The van der Waals surface area contributed by atoms with Crippen molar-refractivity contribution in [3.05, 3.63) is 57.3 Å². The summed E-state index contributed by atoms with van der Waals surface area (Å²) < 4.78 is 40.2. The van der Waals surface area contributed by atoms with Crippen molar-refractivity contribution in [3.63, 3.8) is 0 Å². The van der Waals surface area contributed by atoms with Gasteiger partial charge >= 0.3 is 0 Å². The molecule has 0 unspecified atom stereocenters. The first-order valence-corrected chi connectivity index (χ1v) is 6.60. The fraction of sp³-hybridized carbons (Fsp3) is 0.0714. The lowest BCUT2D eigenvalue weighted by atomic mass is 10.1. The highest BCUT2D eigenvalue weighted by molar-refractivity contribution is 9.10. The lowest BCUT2D eigenvalue weighted by Crippen LogP contribution is -2.14. The van der Waals surface area contributed by atoms with Crippen molar-refractivity contribution in [2.45, 2.75) is 6.92 Å². The average molecular weight is 359 g/mol. The van der Waals surface area contributed by atoms with Crippen LogP contribution in [0.3, 0.4) is 0 Å². The molecular formula is C14H10BrF3N2O. The number of hydrogen-bond donors (Lipinski definition) is 2. The fourth-order valence-electron chi connectivity index (χ4n) is 1.64. The van der Waals surface area contributed by atoms with Crippen molar-refractivity contribution in [2.24, 2.45) is 0 Å². The molecule has 3 nitrogen and oxygen atoms in total. The van der Waals surface area contributed by atoms with Gasteiger partial charge in [0.25, 0.3) is 5.91 Å². The lowest BCUT2D eigenvalue weighted by Gasteiger charge is -2.09. The Morgan fingerprint density at radius 2 is 1.76 bits per heavy atom. The number of rotatable bonds is 2. The summed E-state index contributed by atoms with van der Waals surface area (Å²) in [5.41, 5.74) is 5.62. The molecule has 21 heavy (non-hydrogen) atoms. The van der Waals surface area contributed by atoms with Gasteiger partial charge < -0.3 is 11.1 Å². The summed E-state index contributed by atoms with van der Waals surface area (Å²) >= 11 is 2.89. The first kappa shape index (κ1) is 15.4. The van der Waals surface area contributed by atoms with Crippen LogP contribution in [-0.2, 0) is 0 Å². The third kappa shape index (κ3) is 3.18. The summed E-state index contributed by atoms with van der Waals surface area (Å²) in [5, 5.41) is 2.24. The first-order chi connectivity index (χ1) is 9.79. The first-order valence-electron chi connectivity index (χ1n) is 5.81. The summed E-state index contributed by atoms with van der Waals surface area (Å²) in [6, 6.07) is 3.99. The number of nitrogens with two attached hydrogens (primary N) is 1. The van der Waals surface area contributed by atoms with Crippen molar-refractivity contribution in [1.82, 2.24) is 0 Å². The largest absolute Gasteiger partial charge is 0.398 e. The van der Waals surface area contributed by atoms with Crippen LogP contribution in [0, 0.1) is 24.4 Å². The molecule has 0 saturated carbocycles. The Morgan fingerprint density at radius 3 is 2.38 bits per heavy atom. The molecule has 0 saturated heterocycles. The van der Waals surface area contributed by atoms with Crippen LogP contribution in [0.4, 0.5) is 24.5 Å². The highest BCUT2D eigenvalue weighted by Crippen LogP contribution is 2.25. The maximum Gasteiger partial charge on any atom is 0.255 e. The van der Waals surface area contributed by atoms with E-state index < -0.39 is 23.4 Å². The van der Waals surface area contributed by atoms with E-state index in [-0.39, 0.29) is 27.0 Å². The van der Waals surface area contributed by atoms with Gasteiger partial charge in [-0.1, -0.05) is 0 Å². The van der Waals surface area contributed by atoms with Crippen LogP contribution in [0.15, 0.2) is 28.7 Å². The predicted molar refractivity (Wildman–Crippen MR) is 77.6 cm³/mol. The molecule has 3 N–H and O–H groups in total. The molecule has 0 aliphatic heterocycles. The smallest absolute Gasteiger partial charge is 0.255 e. The third-order valence-corrected chi connectivity index (χ3v) is 3.51. The van der Waals surface area contributed by atoms with Gasteiger partial charge in [-0.05, 0) is 41.1 Å². The van der Waals surface area contributed by atoms with E-state index in [2.05, 4.69) is 21.2 Å². The quantitative estimate of drug-likeness (QED) is 0.629. The molecule has 0 spiro atoms. The highest BCUT2D eigenvalue weighted by atomic mass is 79.9. The standard InChI is InChI=1S/C14H10BrF3N2O/c1-6-9(16)2-7(3-12(6)19)14(21)20-13-4-8(15)10(17)5-11(13)18/h2-5H,19H2,1H3,(H,20,21). The summed E-state index contributed by atoms with van der Waals surface area (Å²) in [7, 11) is 0. The number of nitrogens with one attached hydrogen (secondary N) is 1. The third-order valence-electron chi connectivity index (χ3n) is 2.90. The molecule has 0 aromatic heterocycles. The number of carbonyl (C=O) groups excluding carboxylic acids is 1. The second-order valence-electron chi connectivity index (χ2n) is 4.37. The highest BCUT2D eigenvalue weighted by Gasteiger charge is 2.15. The van der Waals surface area contributed by atoms with E-state index in [4.69, 9.17) is 5.73 Å². The Labute approximate surface area is 127 Å². The maximum absolute atomic E-state index is 13.6. The van der Waals surface area contributed by atoms with Gasteiger partial charge in [-0.15, -0.1) is 0 Å². The molecule has 0 fully saturated rings. The minimum Gasteiger partial charge on any atom is -0.398 e. The minimum atomic E-state index is -0.940. The van der Waals surface area contributed by atoms with Crippen molar-refractivity contribution in [1.29, 1.82) is 0 Å². The van der Waals surface area contributed by atoms with E-state index in [0.29, 0.717) is 6.07 Å². The molecule has 110 valence electrons. The van der Waals surface area contributed by atoms with Gasteiger partial charge in [-0.25, -0.2) is 13.2 Å². The zero-order valence-corrected chi connectivity index (χ0v) is 12.4. The topological polar surface area (TPSA) is 55.1 Å². The van der Waals surface area contributed by atoms with Gasteiger partial charge in [0, 0.05) is 22.9 Å². The summed E-state index contributed by atoms with van der Waals surface area (Å²) in [5.74, 6) is -3.13. The van der Waals surface area contributed by atoms with Crippen LogP contribution < -0.4 is 11.1 Å². The zero-order valence-electron chi connectivity index (χ0n) is 10.8. The van der Waals surface area contributed by atoms with Crippen LogP contribution in [0.1, 0.15) is 15.9 Å².